The molecule has 5 rings (SSSR count). The van der Waals surface area contributed by atoms with Gasteiger partial charge in [-0.05, 0) is 67.3 Å². The molecule has 47 heavy (non-hydrogen) atoms. The second kappa shape index (κ2) is 14.3. The molecule has 2 atom stereocenters. The summed E-state index contributed by atoms with van der Waals surface area (Å²) in [7, 11) is -6.18. The predicted octanol–water partition coefficient (Wildman–Crippen LogP) is 2.45. The molecule has 2 fully saturated rings. The molecule has 15 heteroatoms. The predicted molar refractivity (Wildman–Crippen MR) is 174 cm³/mol. The third-order valence-corrected chi connectivity index (χ3v) is 12.0. The van der Waals surface area contributed by atoms with Crippen LogP contribution in [0.4, 0.5) is 4.79 Å². The summed E-state index contributed by atoms with van der Waals surface area (Å²) in [6.07, 6.45) is -1.27. The molecule has 2 unspecified atom stereocenters. The molecule has 1 amide bonds. The zero-order chi connectivity index (χ0) is 33.8. The summed E-state index contributed by atoms with van der Waals surface area (Å²) in [5, 5.41) is 20.6. The number of rotatable bonds is 12. The molecule has 254 valence electrons. The Hall–Kier alpha value is -3.57. The minimum atomic E-state index is -3.78. The van der Waals surface area contributed by atoms with Crippen molar-refractivity contribution < 1.29 is 41.3 Å². The first-order valence-electron chi connectivity index (χ1n) is 15.2. The van der Waals surface area contributed by atoms with Gasteiger partial charge in [-0.25, -0.2) is 26.4 Å². The maximum absolute atomic E-state index is 13.6. The molecular weight excluding hydrogens is 649 g/mol. The van der Waals surface area contributed by atoms with E-state index in [9.17, 15) is 31.8 Å². The minimum Gasteiger partial charge on any atom is -0.491 e. The van der Waals surface area contributed by atoms with E-state index >= 15 is 0 Å². The van der Waals surface area contributed by atoms with Gasteiger partial charge in [-0.15, -0.1) is 0 Å². The number of carbonyl (C=O) groups is 1. The van der Waals surface area contributed by atoms with Gasteiger partial charge in [0.2, 0.25) is 20.0 Å². The first-order chi connectivity index (χ1) is 22.4. The van der Waals surface area contributed by atoms with Crippen LogP contribution in [0.3, 0.4) is 0 Å². The smallest absolute Gasteiger partial charge is 0.407 e. The maximum atomic E-state index is 13.6. The van der Waals surface area contributed by atoms with Crippen molar-refractivity contribution in [3.63, 3.8) is 0 Å². The largest absolute Gasteiger partial charge is 0.491 e. The standard InChI is InChI=1S/C32H40N4O9S2/c1-34-46(40,41)29-6-3-5-28(17-29)44-22-27(37)20-36(31(38)39)26-18-32(45-21-26)12-14-35(15-13-32)47(42,43)30-7-2-4-25(16-30)24-10-8-23(19-33)9-11-24/h2-11,16-17,26-27,34,37H,12-15,18-22,33H2,1H3,(H,38,39). The van der Waals surface area contributed by atoms with E-state index < -0.39 is 43.9 Å². The summed E-state index contributed by atoms with van der Waals surface area (Å²) in [4.78, 5) is 13.5. The Labute approximate surface area is 275 Å². The summed E-state index contributed by atoms with van der Waals surface area (Å²) < 4.78 is 66.7. The van der Waals surface area contributed by atoms with Crippen molar-refractivity contribution in [2.24, 2.45) is 5.73 Å². The average molecular weight is 689 g/mol. The number of hydrogen-bond acceptors (Lipinski definition) is 9. The van der Waals surface area contributed by atoms with Gasteiger partial charge in [0.1, 0.15) is 18.5 Å². The number of hydrogen-bond donors (Lipinski definition) is 4. The Bertz CT molecular complexity index is 1780. The zero-order valence-corrected chi connectivity index (χ0v) is 27.6. The van der Waals surface area contributed by atoms with Crippen LogP contribution in [0.15, 0.2) is 82.6 Å². The molecule has 5 N–H and O–H groups in total. The van der Waals surface area contributed by atoms with Gasteiger partial charge in [-0.1, -0.05) is 42.5 Å². The maximum Gasteiger partial charge on any atom is 0.407 e. The molecular formula is C32H40N4O9S2. The lowest BCUT2D eigenvalue weighted by atomic mass is 9.88. The normalized spacial score (nSPS) is 19.0. The summed E-state index contributed by atoms with van der Waals surface area (Å²) >= 11 is 0. The number of carboxylic acid groups (broad SMARTS) is 1. The van der Waals surface area contributed by atoms with E-state index in [1.165, 1.54) is 35.6 Å². The van der Waals surface area contributed by atoms with Crippen molar-refractivity contribution >= 4 is 26.1 Å². The van der Waals surface area contributed by atoms with Gasteiger partial charge in [0.15, 0.2) is 0 Å². The lowest BCUT2D eigenvalue weighted by molar-refractivity contribution is -0.0319. The summed E-state index contributed by atoms with van der Waals surface area (Å²) in [6.45, 7) is 0.456. The summed E-state index contributed by atoms with van der Waals surface area (Å²) in [6, 6.07) is 19.7. The fourth-order valence-electron chi connectivity index (χ4n) is 6.03. The number of amides is 1. The van der Waals surface area contributed by atoms with E-state index in [-0.39, 0.29) is 48.4 Å². The van der Waals surface area contributed by atoms with Gasteiger partial charge in [-0.2, -0.15) is 4.31 Å². The van der Waals surface area contributed by atoms with Gasteiger partial charge in [-0.3, -0.25) is 0 Å². The van der Waals surface area contributed by atoms with Gasteiger partial charge in [0, 0.05) is 25.7 Å². The Morgan fingerprint density at radius 2 is 1.72 bits per heavy atom. The topological polar surface area (TPSA) is 189 Å². The van der Waals surface area contributed by atoms with Crippen molar-refractivity contribution in [2.45, 2.75) is 53.3 Å². The van der Waals surface area contributed by atoms with Crippen LogP contribution in [0.2, 0.25) is 0 Å². The van der Waals surface area contributed by atoms with E-state index in [1.54, 1.807) is 18.2 Å². The number of nitrogens with zero attached hydrogens (tertiary/aromatic N) is 2. The highest BCUT2D eigenvalue weighted by atomic mass is 32.2. The Balaban J connectivity index is 1.17. The summed E-state index contributed by atoms with van der Waals surface area (Å²) in [5.41, 5.74) is 7.66. The lowest BCUT2D eigenvalue weighted by Gasteiger charge is -2.38. The molecule has 0 radical (unpaired) electrons. The molecule has 0 aromatic heterocycles. The first kappa shape index (κ1) is 34.8. The van der Waals surface area contributed by atoms with Crippen LogP contribution in [-0.2, 0) is 31.3 Å². The monoisotopic (exact) mass is 688 g/mol. The quantitative estimate of drug-likeness (QED) is 0.220. The van der Waals surface area contributed by atoms with E-state index in [2.05, 4.69) is 4.72 Å². The molecule has 3 aromatic carbocycles. The highest BCUT2D eigenvalue weighted by Gasteiger charge is 2.47. The number of aliphatic hydroxyl groups excluding tert-OH is 1. The van der Waals surface area contributed by atoms with Gasteiger partial charge in [0.25, 0.3) is 0 Å². The van der Waals surface area contributed by atoms with E-state index in [4.69, 9.17) is 15.2 Å². The van der Waals surface area contributed by atoms with E-state index in [0.29, 0.717) is 25.8 Å². The third-order valence-electron chi connectivity index (χ3n) is 8.74. The number of sulfonamides is 2. The van der Waals surface area contributed by atoms with E-state index in [1.807, 2.05) is 30.3 Å². The van der Waals surface area contributed by atoms with Crippen LogP contribution in [0.25, 0.3) is 11.1 Å². The molecule has 0 aliphatic carbocycles. The van der Waals surface area contributed by atoms with Gasteiger partial charge < -0.3 is 30.3 Å². The molecule has 2 aliphatic rings. The van der Waals surface area contributed by atoms with Gasteiger partial charge >= 0.3 is 6.09 Å². The highest BCUT2D eigenvalue weighted by molar-refractivity contribution is 7.89. The van der Waals surface area contributed by atoms with Crippen LogP contribution < -0.4 is 15.2 Å². The van der Waals surface area contributed by atoms with Crippen molar-refractivity contribution in [3.05, 3.63) is 78.4 Å². The molecule has 2 heterocycles. The van der Waals surface area contributed by atoms with Crippen LogP contribution >= 0.6 is 0 Å². The molecule has 1 spiro atoms. The number of nitrogens with two attached hydrogens (primary N) is 1. The van der Waals surface area contributed by atoms with Crippen molar-refractivity contribution in [2.75, 3.05) is 39.9 Å². The minimum absolute atomic E-state index is 0.00573. The number of benzene rings is 3. The zero-order valence-electron chi connectivity index (χ0n) is 26.0. The fraction of sp³-hybridized carbons (Fsp3) is 0.406. The number of aliphatic hydroxyl groups is 1. The van der Waals surface area contributed by atoms with Crippen molar-refractivity contribution in [1.82, 2.24) is 13.9 Å². The lowest BCUT2D eigenvalue weighted by Crippen LogP contribution is -2.48. The molecule has 2 aliphatic heterocycles. The van der Waals surface area contributed by atoms with Gasteiger partial charge in [0.05, 0.1) is 34.6 Å². The third kappa shape index (κ3) is 7.95. The first-order valence-corrected chi connectivity index (χ1v) is 18.2. The van der Waals surface area contributed by atoms with Crippen LogP contribution in [-0.4, -0.2) is 100.0 Å². The second-order valence-corrected chi connectivity index (χ2v) is 15.6. The average Bonchev–Trinajstić information content (AvgIpc) is 3.49. The summed E-state index contributed by atoms with van der Waals surface area (Å²) in [5.74, 6) is 0.208. The molecule has 2 saturated heterocycles. The number of ether oxygens (including phenoxy) is 2. The molecule has 13 nitrogen and oxygen atoms in total. The Kier molecular flexibility index (Phi) is 10.6. The van der Waals surface area contributed by atoms with Crippen molar-refractivity contribution in [1.29, 1.82) is 0 Å². The van der Waals surface area contributed by atoms with Crippen molar-refractivity contribution in [3.8, 4) is 16.9 Å². The number of piperidine rings is 1. The Morgan fingerprint density at radius 1 is 1.04 bits per heavy atom. The molecule has 0 saturated carbocycles. The van der Waals surface area contributed by atoms with E-state index in [0.717, 1.165) is 21.6 Å². The second-order valence-electron chi connectivity index (χ2n) is 11.8. The molecule has 0 bridgehead atoms. The highest BCUT2D eigenvalue weighted by Crippen LogP contribution is 2.39. The molecule has 3 aromatic rings. The fourth-order valence-corrected chi connectivity index (χ4v) is 8.28. The SMILES string of the molecule is CNS(=O)(=O)c1cccc(OCC(O)CN(C(=O)O)C2COC3(CCN(S(=O)(=O)c4cccc(-c5ccc(CN)cc5)c4)CC3)C2)c1. The van der Waals surface area contributed by atoms with Crippen LogP contribution in [0.1, 0.15) is 24.8 Å². The van der Waals surface area contributed by atoms with Crippen LogP contribution in [0, 0.1) is 0 Å². The number of nitrogens with one attached hydrogen (secondary N) is 1. The Morgan fingerprint density at radius 3 is 2.38 bits per heavy atom. The van der Waals surface area contributed by atoms with Crippen LogP contribution in [0.5, 0.6) is 5.75 Å².